The molecular formula is C10H8ClNO2. The molecule has 0 unspecified atom stereocenters. The van der Waals surface area contributed by atoms with E-state index in [9.17, 15) is 0 Å². The smallest absolute Gasteiger partial charge is 0.209 e. The summed E-state index contributed by atoms with van der Waals surface area (Å²) in [5, 5.41) is 9.09. The van der Waals surface area contributed by atoms with Gasteiger partial charge in [-0.05, 0) is 24.3 Å². The van der Waals surface area contributed by atoms with Crippen LogP contribution in [-0.4, -0.2) is 10.1 Å². The van der Waals surface area contributed by atoms with Crippen LogP contribution >= 0.6 is 11.6 Å². The van der Waals surface area contributed by atoms with Crippen LogP contribution in [-0.2, 0) is 5.88 Å². The van der Waals surface area contributed by atoms with Crippen molar-refractivity contribution in [1.29, 1.82) is 0 Å². The molecule has 1 aromatic heterocycles. The van der Waals surface area contributed by atoms with Gasteiger partial charge in [-0.15, -0.1) is 11.6 Å². The molecule has 0 saturated carbocycles. The Morgan fingerprint density at radius 1 is 1.29 bits per heavy atom. The Morgan fingerprint density at radius 2 is 2.00 bits per heavy atom. The molecule has 0 fully saturated rings. The van der Waals surface area contributed by atoms with Crippen molar-refractivity contribution >= 4 is 11.6 Å². The first-order valence-electron chi connectivity index (χ1n) is 4.09. The van der Waals surface area contributed by atoms with Gasteiger partial charge < -0.3 is 9.52 Å². The highest BCUT2D eigenvalue weighted by Gasteiger charge is 2.04. The lowest BCUT2D eigenvalue weighted by Gasteiger charge is -1.95. The molecule has 0 aliphatic heterocycles. The summed E-state index contributed by atoms with van der Waals surface area (Å²) in [6, 6.07) is 6.71. The van der Waals surface area contributed by atoms with Gasteiger partial charge in [0.15, 0.2) is 5.76 Å². The van der Waals surface area contributed by atoms with E-state index in [4.69, 9.17) is 21.1 Å². The number of phenolic OH excluding ortho intramolecular Hbond substituents is 1. The number of aromatic hydroxyl groups is 1. The third-order valence-electron chi connectivity index (χ3n) is 1.82. The maximum atomic E-state index is 9.09. The predicted molar refractivity (Wildman–Crippen MR) is 53.2 cm³/mol. The van der Waals surface area contributed by atoms with Gasteiger partial charge in [0.25, 0.3) is 0 Å². The van der Waals surface area contributed by atoms with E-state index in [1.807, 2.05) is 0 Å². The third kappa shape index (κ3) is 1.72. The van der Waals surface area contributed by atoms with E-state index in [-0.39, 0.29) is 11.6 Å². The normalized spacial score (nSPS) is 10.4. The molecule has 1 aromatic carbocycles. The predicted octanol–water partition coefficient (Wildman–Crippen LogP) is 2.79. The maximum absolute atomic E-state index is 9.09. The van der Waals surface area contributed by atoms with Crippen LogP contribution in [0.25, 0.3) is 11.3 Å². The largest absolute Gasteiger partial charge is 0.508 e. The average Bonchev–Trinajstić information content (AvgIpc) is 2.67. The third-order valence-corrected chi connectivity index (χ3v) is 2.05. The van der Waals surface area contributed by atoms with Crippen LogP contribution in [0.4, 0.5) is 0 Å². The summed E-state index contributed by atoms with van der Waals surface area (Å²) < 4.78 is 5.33. The van der Waals surface area contributed by atoms with E-state index in [2.05, 4.69) is 4.98 Å². The van der Waals surface area contributed by atoms with E-state index in [0.717, 1.165) is 5.56 Å². The Balaban J connectivity index is 2.34. The van der Waals surface area contributed by atoms with Crippen molar-refractivity contribution in [2.45, 2.75) is 5.88 Å². The zero-order valence-corrected chi connectivity index (χ0v) is 8.03. The molecule has 1 N–H and O–H groups in total. The van der Waals surface area contributed by atoms with E-state index in [1.54, 1.807) is 30.5 Å². The Kier molecular flexibility index (Phi) is 2.41. The highest BCUT2D eigenvalue weighted by molar-refractivity contribution is 6.16. The zero-order valence-electron chi connectivity index (χ0n) is 7.27. The van der Waals surface area contributed by atoms with Crippen molar-refractivity contribution in [1.82, 2.24) is 4.98 Å². The zero-order chi connectivity index (χ0) is 9.97. The van der Waals surface area contributed by atoms with Gasteiger partial charge in [-0.1, -0.05) is 0 Å². The number of oxazole rings is 1. The first-order valence-corrected chi connectivity index (χ1v) is 4.63. The minimum Gasteiger partial charge on any atom is -0.508 e. The molecule has 2 aromatic rings. The molecule has 0 radical (unpaired) electrons. The van der Waals surface area contributed by atoms with Crippen molar-refractivity contribution in [3.05, 3.63) is 36.4 Å². The molecule has 4 heteroatoms. The summed E-state index contributed by atoms with van der Waals surface area (Å²) in [6.45, 7) is 0. The Morgan fingerprint density at radius 3 is 2.57 bits per heavy atom. The van der Waals surface area contributed by atoms with Crippen molar-refractivity contribution in [2.24, 2.45) is 0 Å². The van der Waals surface area contributed by atoms with Crippen LogP contribution in [0.2, 0.25) is 0 Å². The quantitative estimate of drug-likeness (QED) is 0.774. The highest BCUT2D eigenvalue weighted by Crippen LogP contribution is 2.22. The molecule has 0 aliphatic carbocycles. The fourth-order valence-electron chi connectivity index (χ4n) is 1.13. The minimum atomic E-state index is 0.228. The molecule has 0 spiro atoms. The fourth-order valence-corrected chi connectivity index (χ4v) is 1.25. The minimum absolute atomic E-state index is 0.228. The van der Waals surface area contributed by atoms with Crippen LogP contribution in [0.5, 0.6) is 5.75 Å². The lowest BCUT2D eigenvalue weighted by Crippen LogP contribution is -1.72. The highest BCUT2D eigenvalue weighted by atomic mass is 35.5. The van der Waals surface area contributed by atoms with Crippen LogP contribution < -0.4 is 0 Å². The summed E-state index contributed by atoms with van der Waals surface area (Å²) in [5.74, 6) is 1.64. The number of halogens is 1. The van der Waals surface area contributed by atoms with E-state index < -0.39 is 0 Å². The second-order valence-electron chi connectivity index (χ2n) is 2.80. The number of alkyl halides is 1. The molecule has 0 atom stereocenters. The summed E-state index contributed by atoms with van der Waals surface area (Å²) in [6.07, 6.45) is 1.62. The molecule has 0 bridgehead atoms. The van der Waals surface area contributed by atoms with E-state index in [1.165, 1.54) is 0 Å². The van der Waals surface area contributed by atoms with Crippen molar-refractivity contribution in [3.63, 3.8) is 0 Å². The summed E-state index contributed by atoms with van der Waals surface area (Å²) in [7, 11) is 0. The molecule has 72 valence electrons. The van der Waals surface area contributed by atoms with Gasteiger partial charge in [-0.25, -0.2) is 4.98 Å². The van der Waals surface area contributed by atoms with E-state index >= 15 is 0 Å². The van der Waals surface area contributed by atoms with Gasteiger partial charge in [-0.2, -0.15) is 0 Å². The van der Waals surface area contributed by atoms with Crippen molar-refractivity contribution in [3.8, 4) is 17.1 Å². The van der Waals surface area contributed by atoms with Crippen LogP contribution in [0.1, 0.15) is 5.89 Å². The topological polar surface area (TPSA) is 46.3 Å². The number of benzene rings is 1. The van der Waals surface area contributed by atoms with Gasteiger partial charge in [0.2, 0.25) is 5.89 Å². The Bertz CT molecular complexity index is 422. The summed E-state index contributed by atoms with van der Waals surface area (Å²) >= 11 is 5.56. The van der Waals surface area contributed by atoms with Crippen LogP contribution in [0, 0.1) is 0 Å². The number of hydrogen-bond acceptors (Lipinski definition) is 3. The monoisotopic (exact) mass is 209 g/mol. The molecular weight excluding hydrogens is 202 g/mol. The molecule has 0 aliphatic rings. The second kappa shape index (κ2) is 3.72. The molecule has 0 saturated heterocycles. The Hall–Kier alpha value is -1.48. The van der Waals surface area contributed by atoms with Crippen LogP contribution in [0.3, 0.4) is 0 Å². The second-order valence-corrected chi connectivity index (χ2v) is 3.07. The molecule has 3 nitrogen and oxygen atoms in total. The first kappa shape index (κ1) is 9.09. The van der Waals surface area contributed by atoms with Gasteiger partial charge in [0.05, 0.1) is 12.1 Å². The Labute approximate surface area is 86.0 Å². The molecule has 0 amide bonds. The number of hydrogen-bond donors (Lipinski definition) is 1. The van der Waals surface area contributed by atoms with Gasteiger partial charge >= 0.3 is 0 Å². The van der Waals surface area contributed by atoms with Gasteiger partial charge in [-0.3, -0.25) is 0 Å². The van der Waals surface area contributed by atoms with Crippen molar-refractivity contribution in [2.75, 3.05) is 0 Å². The lowest BCUT2D eigenvalue weighted by atomic mass is 10.2. The summed E-state index contributed by atoms with van der Waals surface area (Å²) in [4.78, 5) is 3.97. The fraction of sp³-hybridized carbons (Fsp3) is 0.100. The molecule has 14 heavy (non-hydrogen) atoms. The average molecular weight is 210 g/mol. The number of rotatable bonds is 2. The maximum Gasteiger partial charge on any atom is 0.209 e. The van der Waals surface area contributed by atoms with E-state index in [0.29, 0.717) is 11.7 Å². The first-order chi connectivity index (χ1) is 6.79. The van der Waals surface area contributed by atoms with Crippen LogP contribution in [0.15, 0.2) is 34.9 Å². The number of nitrogens with zero attached hydrogens (tertiary/aromatic N) is 1. The molecule has 2 rings (SSSR count). The van der Waals surface area contributed by atoms with Crippen molar-refractivity contribution < 1.29 is 9.52 Å². The molecule has 1 heterocycles. The van der Waals surface area contributed by atoms with Gasteiger partial charge in [0, 0.05) is 5.56 Å². The SMILES string of the molecule is Oc1ccc(-c2cnc(CCl)o2)cc1. The standard InChI is InChI=1S/C10H8ClNO2/c11-5-10-12-6-9(14-10)7-1-3-8(13)4-2-7/h1-4,6,13H,5H2. The summed E-state index contributed by atoms with van der Waals surface area (Å²) in [5.41, 5.74) is 0.867. The number of phenols is 1. The van der Waals surface area contributed by atoms with Gasteiger partial charge in [0.1, 0.15) is 5.75 Å². The number of aromatic nitrogens is 1. The lowest BCUT2D eigenvalue weighted by molar-refractivity contribution is 0.475.